The van der Waals surface area contributed by atoms with Gasteiger partial charge in [-0.05, 0) is 18.2 Å². The zero-order chi connectivity index (χ0) is 21.8. The van der Waals surface area contributed by atoms with Gasteiger partial charge < -0.3 is 15.7 Å². The van der Waals surface area contributed by atoms with Crippen LogP contribution in [0.15, 0.2) is 22.7 Å². The summed E-state index contributed by atoms with van der Waals surface area (Å²) in [5, 5.41) is 15.9. The zero-order valence-electron chi connectivity index (χ0n) is 14.7. The fraction of sp³-hybridized carbons (Fsp3) is 0.357. The molecule has 0 fully saturated rings. The van der Waals surface area contributed by atoms with Crippen molar-refractivity contribution in [1.29, 1.82) is 0 Å². The molecule has 2 rings (SSSR count). The van der Waals surface area contributed by atoms with Crippen LogP contribution in [0.3, 0.4) is 0 Å². The number of halogens is 1. The Balaban J connectivity index is 2.35. The van der Waals surface area contributed by atoms with Crippen molar-refractivity contribution in [3.8, 4) is 0 Å². The number of nitrogens with two attached hydrogens (primary N) is 1. The first-order chi connectivity index (χ1) is 13.4. The maximum atomic E-state index is 12.8. The van der Waals surface area contributed by atoms with Crippen molar-refractivity contribution >= 4 is 69.3 Å². The van der Waals surface area contributed by atoms with E-state index in [0.29, 0.717) is 10.2 Å². The summed E-state index contributed by atoms with van der Waals surface area (Å²) in [5.74, 6) is -2.19. The number of sulfonamides is 1. The van der Waals surface area contributed by atoms with E-state index in [1.807, 2.05) is 5.32 Å². The molecule has 0 aliphatic carbocycles. The van der Waals surface area contributed by atoms with Crippen molar-refractivity contribution in [2.75, 3.05) is 24.6 Å². The summed E-state index contributed by atoms with van der Waals surface area (Å²) >= 11 is 4.29. The summed E-state index contributed by atoms with van der Waals surface area (Å²) < 4.78 is 49.0. The fourth-order valence-corrected chi connectivity index (χ4v) is 6.15. The van der Waals surface area contributed by atoms with Gasteiger partial charge in [0.05, 0.1) is 21.7 Å². The molecule has 1 heterocycles. The highest BCUT2D eigenvalue weighted by atomic mass is 79.9. The molecule has 1 aromatic heterocycles. The third kappa shape index (κ3) is 6.88. The summed E-state index contributed by atoms with van der Waals surface area (Å²) in [7, 11) is -8.03. The van der Waals surface area contributed by atoms with E-state index < -0.39 is 55.2 Å². The highest BCUT2D eigenvalue weighted by Gasteiger charge is 2.36. The van der Waals surface area contributed by atoms with E-state index in [0.717, 1.165) is 15.8 Å². The summed E-state index contributed by atoms with van der Waals surface area (Å²) in [5.41, 5.74) is 0.481. The van der Waals surface area contributed by atoms with Gasteiger partial charge in [0.1, 0.15) is 5.01 Å². The minimum atomic E-state index is -4.18. The van der Waals surface area contributed by atoms with Crippen LogP contribution in [-0.4, -0.2) is 63.5 Å². The van der Waals surface area contributed by atoms with Crippen LogP contribution in [0.25, 0.3) is 10.2 Å². The Labute approximate surface area is 178 Å². The number of carbonyl (C=O) groups is 2. The molecule has 0 aliphatic heterocycles. The van der Waals surface area contributed by atoms with Crippen molar-refractivity contribution in [3.05, 3.63) is 27.7 Å². The van der Waals surface area contributed by atoms with Gasteiger partial charge >= 0.3 is 6.09 Å². The number of nitrogens with zero attached hydrogens (tertiary/aromatic N) is 1. The van der Waals surface area contributed by atoms with Gasteiger partial charge in [0.25, 0.3) is 0 Å². The summed E-state index contributed by atoms with van der Waals surface area (Å²) in [6.07, 6.45) is -1.40. The van der Waals surface area contributed by atoms with Crippen LogP contribution in [0.5, 0.6) is 0 Å². The van der Waals surface area contributed by atoms with Crippen molar-refractivity contribution in [1.82, 2.24) is 15.6 Å². The van der Waals surface area contributed by atoms with Gasteiger partial charge in [-0.15, -0.1) is 11.3 Å². The molecular weight excluding hydrogens is 512 g/mol. The van der Waals surface area contributed by atoms with Gasteiger partial charge in [0.2, 0.25) is 15.9 Å². The highest BCUT2D eigenvalue weighted by Crippen LogP contribution is 2.33. The van der Waals surface area contributed by atoms with Gasteiger partial charge in [-0.2, -0.15) is 0 Å². The number of primary sulfonamides is 1. The van der Waals surface area contributed by atoms with E-state index in [9.17, 15) is 26.4 Å². The molecule has 0 spiro atoms. The van der Waals surface area contributed by atoms with E-state index in [4.69, 9.17) is 10.2 Å². The summed E-state index contributed by atoms with van der Waals surface area (Å²) in [4.78, 5) is 27.4. The second-order valence-corrected chi connectivity index (χ2v) is 11.7. The lowest BCUT2D eigenvalue weighted by molar-refractivity contribution is -0.120. The lowest BCUT2D eigenvalue weighted by Gasteiger charge is -2.15. The van der Waals surface area contributed by atoms with Crippen LogP contribution in [0.2, 0.25) is 0 Å². The number of hydrogen-bond donors (Lipinski definition) is 4. The minimum absolute atomic E-state index is 0.0125. The first kappa shape index (κ1) is 23.5. The van der Waals surface area contributed by atoms with Crippen LogP contribution in [0.1, 0.15) is 10.3 Å². The molecule has 2 aromatic rings. The number of amides is 2. The average molecular weight is 529 g/mol. The molecule has 0 radical (unpaired) electrons. The third-order valence-corrected chi connectivity index (χ3v) is 7.96. The zero-order valence-corrected chi connectivity index (χ0v) is 18.7. The predicted octanol–water partition coefficient (Wildman–Crippen LogP) is 0.187. The van der Waals surface area contributed by atoms with Gasteiger partial charge in [-0.1, -0.05) is 15.9 Å². The maximum Gasteiger partial charge on any atom is 0.404 e. The summed E-state index contributed by atoms with van der Waals surface area (Å²) in [6.45, 7) is -0.803. The number of carboxylic acid groups (broad SMARTS) is 1. The molecule has 1 aromatic carbocycles. The van der Waals surface area contributed by atoms with Crippen molar-refractivity contribution in [2.24, 2.45) is 5.14 Å². The molecule has 2 amide bonds. The van der Waals surface area contributed by atoms with E-state index in [1.165, 1.54) is 0 Å². The second kappa shape index (κ2) is 9.34. The average Bonchev–Trinajstić information content (AvgIpc) is 2.94. The van der Waals surface area contributed by atoms with Gasteiger partial charge in [-0.3, -0.25) is 4.79 Å². The largest absolute Gasteiger partial charge is 0.465 e. The molecule has 1 atom stereocenters. The second-order valence-electron chi connectivity index (χ2n) is 5.80. The van der Waals surface area contributed by atoms with Crippen molar-refractivity contribution < 1.29 is 31.5 Å². The van der Waals surface area contributed by atoms with Crippen LogP contribution >= 0.6 is 27.3 Å². The number of rotatable bonds is 9. The van der Waals surface area contributed by atoms with Gasteiger partial charge in [0, 0.05) is 17.6 Å². The first-order valence-electron chi connectivity index (χ1n) is 7.91. The van der Waals surface area contributed by atoms with E-state index >= 15 is 0 Å². The lowest BCUT2D eigenvalue weighted by Crippen LogP contribution is -2.39. The Morgan fingerprint density at radius 2 is 1.83 bits per heavy atom. The van der Waals surface area contributed by atoms with Crippen LogP contribution in [0.4, 0.5) is 4.79 Å². The van der Waals surface area contributed by atoms with E-state index in [2.05, 4.69) is 26.2 Å². The normalized spacial score (nSPS) is 13.2. The number of hydrogen-bond acceptors (Lipinski definition) is 8. The predicted molar refractivity (Wildman–Crippen MR) is 111 cm³/mol. The van der Waals surface area contributed by atoms with E-state index in [-0.39, 0.29) is 11.6 Å². The number of thiazole rings is 1. The van der Waals surface area contributed by atoms with Crippen LogP contribution in [0, 0.1) is 0 Å². The van der Waals surface area contributed by atoms with Crippen molar-refractivity contribution in [3.63, 3.8) is 0 Å². The Hall–Kier alpha value is -1.81. The topological polar surface area (TPSA) is 186 Å². The standard InChI is InChI=1S/C14H17BrN4O7S3/c15-8-1-2-9-10(7-8)27-13(19-9)11(12(20)17-4-6-29(16,25)26)28(23,24)5-3-18-14(21)22/h1-2,7,11,18H,3-6H2,(H,17,20)(H,21,22)(H2,16,25,26). The number of nitrogens with one attached hydrogen (secondary N) is 2. The Morgan fingerprint density at radius 1 is 1.17 bits per heavy atom. The molecule has 0 aliphatic rings. The minimum Gasteiger partial charge on any atom is -0.465 e. The first-order valence-corrected chi connectivity index (χ1v) is 13.0. The number of benzene rings is 1. The molecule has 11 nitrogen and oxygen atoms in total. The molecule has 0 saturated carbocycles. The summed E-state index contributed by atoms with van der Waals surface area (Å²) in [6, 6.07) is 5.07. The SMILES string of the molecule is NS(=O)(=O)CCNC(=O)C(c1nc2ccc(Br)cc2s1)S(=O)(=O)CCNC(=O)O. The number of sulfone groups is 1. The van der Waals surface area contributed by atoms with Crippen molar-refractivity contribution in [2.45, 2.75) is 5.25 Å². The quantitative estimate of drug-likeness (QED) is 0.354. The lowest BCUT2D eigenvalue weighted by atomic mass is 10.3. The molecule has 0 bridgehead atoms. The third-order valence-electron chi connectivity index (χ3n) is 3.54. The Morgan fingerprint density at radius 3 is 2.45 bits per heavy atom. The Kier molecular flexibility index (Phi) is 7.56. The smallest absolute Gasteiger partial charge is 0.404 e. The molecule has 1 unspecified atom stereocenters. The molecule has 29 heavy (non-hydrogen) atoms. The number of carbonyl (C=O) groups excluding carboxylic acids is 1. The molecular formula is C14H17BrN4O7S3. The molecule has 15 heteroatoms. The van der Waals surface area contributed by atoms with Crippen LogP contribution in [-0.2, 0) is 24.7 Å². The van der Waals surface area contributed by atoms with Gasteiger partial charge in [-0.25, -0.2) is 31.8 Å². The monoisotopic (exact) mass is 528 g/mol. The number of aromatic nitrogens is 1. The van der Waals surface area contributed by atoms with Gasteiger partial charge in [0.15, 0.2) is 15.1 Å². The fourth-order valence-electron chi connectivity index (χ4n) is 2.28. The maximum absolute atomic E-state index is 12.8. The Bertz CT molecular complexity index is 1130. The number of fused-ring (bicyclic) bond motifs is 1. The molecule has 5 N–H and O–H groups in total. The molecule has 0 saturated heterocycles. The van der Waals surface area contributed by atoms with E-state index in [1.54, 1.807) is 18.2 Å². The van der Waals surface area contributed by atoms with Crippen LogP contribution < -0.4 is 15.8 Å². The molecule has 160 valence electrons. The highest BCUT2D eigenvalue weighted by molar-refractivity contribution is 9.10.